The lowest BCUT2D eigenvalue weighted by Gasteiger charge is -2.11. The molecule has 3 heterocycles. The SMILES string of the molecule is NC1CCN(c2n[nH]c(-c3ccnnc3)n2)C1. The van der Waals surface area contributed by atoms with E-state index in [1.54, 1.807) is 12.4 Å². The Balaban J connectivity index is 1.84. The Morgan fingerprint density at radius 1 is 1.41 bits per heavy atom. The zero-order valence-electron chi connectivity index (χ0n) is 9.24. The molecule has 7 nitrogen and oxygen atoms in total. The molecule has 3 rings (SSSR count). The summed E-state index contributed by atoms with van der Waals surface area (Å²) < 4.78 is 0. The first kappa shape index (κ1) is 10.2. The fraction of sp³-hybridized carbons (Fsp3) is 0.400. The molecule has 1 fully saturated rings. The average Bonchev–Trinajstić information content (AvgIpc) is 2.98. The second-order valence-electron chi connectivity index (χ2n) is 4.11. The van der Waals surface area contributed by atoms with Crippen molar-refractivity contribution < 1.29 is 0 Å². The number of nitrogens with zero attached hydrogens (tertiary/aromatic N) is 5. The van der Waals surface area contributed by atoms with Crippen molar-refractivity contribution in [3.05, 3.63) is 18.5 Å². The van der Waals surface area contributed by atoms with Gasteiger partial charge < -0.3 is 10.6 Å². The van der Waals surface area contributed by atoms with Gasteiger partial charge in [-0.2, -0.15) is 15.2 Å². The fourth-order valence-electron chi connectivity index (χ4n) is 1.92. The Morgan fingerprint density at radius 2 is 2.35 bits per heavy atom. The number of hydrogen-bond donors (Lipinski definition) is 2. The van der Waals surface area contributed by atoms with E-state index in [1.807, 2.05) is 6.07 Å². The molecular formula is C10H13N7. The average molecular weight is 231 g/mol. The van der Waals surface area contributed by atoms with Gasteiger partial charge in [0.15, 0.2) is 5.82 Å². The van der Waals surface area contributed by atoms with Gasteiger partial charge in [0.1, 0.15) is 0 Å². The number of aromatic amines is 1. The van der Waals surface area contributed by atoms with Gasteiger partial charge in [-0.25, -0.2) is 0 Å². The summed E-state index contributed by atoms with van der Waals surface area (Å²) in [6.07, 6.45) is 4.27. The Labute approximate surface area is 98.1 Å². The van der Waals surface area contributed by atoms with Crippen LogP contribution in [0, 0.1) is 0 Å². The number of anilines is 1. The van der Waals surface area contributed by atoms with E-state index in [4.69, 9.17) is 5.73 Å². The summed E-state index contributed by atoms with van der Waals surface area (Å²) >= 11 is 0. The molecule has 0 spiro atoms. The molecule has 1 aliphatic heterocycles. The molecule has 1 aliphatic rings. The summed E-state index contributed by atoms with van der Waals surface area (Å²) in [6.45, 7) is 1.72. The van der Waals surface area contributed by atoms with Crippen molar-refractivity contribution >= 4 is 5.95 Å². The van der Waals surface area contributed by atoms with Crippen LogP contribution in [-0.4, -0.2) is 44.5 Å². The summed E-state index contributed by atoms with van der Waals surface area (Å²) in [6, 6.07) is 2.06. The third-order valence-electron chi connectivity index (χ3n) is 2.84. The Kier molecular flexibility index (Phi) is 2.45. The van der Waals surface area contributed by atoms with Gasteiger partial charge in [-0.05, 0) is 12.5 Å². The third-order valence-corrected chi connectivity index (χ3v) is 2.84. The Morgan fingerprint density at radius 3 is 3.06 bits per heavy atom. The number of rotatable bonds is 2. The monoisotopic (exact) mass is 231 g/mol. The van der Waals surface area contributed by atoms with Crippen LogP contribution in [0.3, 0.4) is 0 Å². The maximum absolute atomic E-state index is 5.85. The lowest BCUT2D eigenvalue weighted by molar-refractivity contribution is 0.750. The minimum atomic E-state index is 0.222. The fourth-order valence-corrected chi connectivity index (χ4v) is 1.92. The molecule has 2 aromatic heterocycles. The van der Waals surface area contributed by atoms with E-state index in [0.717, 1.165) is 25.1 Å². The Bertz CT molecular complexity index is 494. The predicted octanol–water partition coefficient (Wildman–Crippen LogP) is -0.201. The highest BCUT2D eigenvalue weighted by Gasteiger charge is 2.22. The third kappa shape index (κ3) is 1.96. The molecule has 0 aliphatic carbocycles. The minimum absolute atomic E-state index is 0.222. The Hall–Kier alpha value is -2.02. The van der Waals surface area contributed by atoms with Crippen molar-refractivity contribution in [2.45, 2.75) is 12.5 Å². The van der Waals surface area contributed by atoms with Crippen LogP contribution in [-0.2, 0) is 0 Å². The lowest BCUT2D eigenvalue weighted by Crippen LogP contribution is -2.26. The lowest BCUT2D eigenvalue weighted by atomic mass is 10.3. The number of hydrogen-bond acceptors (Lipinski definition) is 6. The first-order valence-electron chi connectivity index (χ1n) is 5.53. The molecule has 0 amide bonds. The van der Waals surface area contributed by atoms with Crippen LogP contribution in [0.15, 0.2) is 18.5 Å². The summed E-state index contributed by atoms with van der Waals surface area (Å²) in [4.78, 5) is 6.52. The van der Waals surface area contributed by atoms with Gasteiger partial charge in [0, 0.05) is 24.7 Å². The van der Waals surface area contributed by atoms with Crippen LogP contribution in [0.25, 0.3) is 11.4 Å². The topological polar surface area (TPSA) is 96.6 Å². The van der Waals surface area contributed by atoms with Crippen LogP contribution >= 0.6 is 0 Å². The molecule has 0 radical (unpaired) electrons. The molecule has 7 heteroatoms. The van der Waals surface area contributed by atoms with E-state index in [-0.39, 0.29) is 6.04 Å². The summed E-state index contributed by atoms with van der Waals surface area (Å²) in [5, 5.41) is 14.6. The molecule has 0 saturated carbocycles. The molecule has 0 bridgehead atoms. The molecule has 1 saturated heterocycles. The van der Waals surface area contributed by atoms with Gasteiger partial charge in [0.05, 0.1) is 12.4 Å². The molecular weight excluding hydrogens is 218 g/mol. The number of aromatic nitrogens is 5. The van der Waals surface area contributed by atoms with Gasteiger partial charge in [0.25, 0.3) is 0 Å². The van der Waals surface area contributed by atoms with Crippen LogP contribution in [0.1, 0.15) is 6.42 Å². The zero-order valence-corrected chi connectivity index (χ0v) is 9.24. The first-order chi connectivity index (χ1) is 8.33. The number of nitrogens with two attached hydrogens (primary N) is 1. The van der Waals surface area contributed by atoms with Crippen molar-refractivity contribution in [1.29, 1.82) is 0 Å². The molecule has 1 atom stereocenters. The maximum atomic E-state index is 5.85. The van der Waals surface area contributed by atoms with E-state index in [0.29, 0.717) is 11.8 Å². The van der Waals surface area contributed by atoms with Crippen molar-refractivity contribution in [2.24, 2.45) is 5.73 Å². The highest BCUT2D eigenvalue weighted by Crippen LogP contribution is 2.18. The summed E-state index contributed by atoms with van der Waals surface area (Å²) in [7, 11) is 0. The van der Waals surface area contributed by atoms with Crippen molar-refractivity contribution in [3.63, 3.8) is 0 Å². The molecule has 88 valence electrons. The van der Waals surface area contributed by atoms with Crippen LogP contribution in [0.5, 0.6) is 0 Å². The van der Waals surface area contributed by atoms with Crippen LogP contribution in [0.4, 0.5) is 5.95 Å². The van der Waals surface area contributed by atoms with Crippen molar-refractivity contribution in [3.8, 4) is 11.4 Å². The molecule has 0 aromatic carbocycles. The second-order valence-corrected chi connectivity index (χ2v) is 4.11. The first-order valence-corrected chi connectivity index (χ1v) is 5.53. The van der Waals surface area contributed by atoms with Crippen molar-refractivity contribution in [2.75, 3.05) is 18.0 Å². The van der Waals surface area contributed by atoms with E-state index in [9.17, 15) is 0 Å². The van der Waals surface area contributed by atoms with Crippen molar-refractivity contribution in [1.82, 2.24) is 25.4 Å². The van der Waals surface area contributed by atoms with Gasteiger partial charge in [-0.1, -0.05) is 0 Å². The number of nitrogens with one attached hydrogen (secondary N) is 1. The van der Waals surface area contributed by atoms with Gasteiger partial charge in [-0.15, -0.1) is 5.10 Å². The van der Waals surface area contributed by atoms with Gasteiger partial charge in [-0.3, -0.25) is 5.10 Å². The summed E-state index contributed by atoms with van der Waals surface area (Å²) in [5.74, 6) is 1.40. The minimum Gasteiger partial charge on any atom is -0.338 e. The smallest absolute Gasteiger partial charge is 0.245 e. The van der Waals surface area contributed by atoms with Gasteiger partial charge >= 0.3 is 0 Å². The largest absolute Gasteiger partial charge is 0.338 e. The zero-order chi connectivity index (χ0) is 11.7. The highest BCUT2D eigenvalue weighted by molar-refractivity contribution is 5.54. The maximum Gasteiger partial charge on any atom is 0.245 e. The molecule has 2 aromatic rings. The predicted molar refractivity (Wildman–Crippen MR) is 62.2 cm³/mol. The van der Waals surface area contributed by atoms with Gasteiger partial charge in [0.2, 0.25) is 5.95 Å². The highest BCUT2D eigenvalue weighted by atomic mass is 15.4. The van der Waals surface area contributed by atoms with E-state index < -0.39 is 0 Å². The second kappa shape index (κ2) is 4.10. The molecule has 3 N–H and O–H groups in total. The summed E-state index contributed by atoms with van der Waals surface area (Å²) in [5.41, 5.74) is 6.73. The quantitative estimate of drug-likeness (QED) is 0.743. The van der Waals surface area contributed by atoms with E-state index >= 15 is 0 Å². The normalized spacial score (nSPS) is 19.8. The molecule has 1 unspecified atom stereocenters. The van der Waals surface area contributed by atoms with E-state index in [2.05, 4.69) is 30.3 Å². The molecule has 17 heavy (non-hydrogen) atoms. The van der Waals surface area contributed by atoms with Crippen LogP contribution < -0.4 is 10.6 Å². The van der Waals surface area contributed by atoms with Crippen LogP contribution in [0.2, 0.25) is 0 Å². The number of H-pyrrole nitrogens is 1. The standard InChI is InChI=1S/C10H13N7/c11-8-2-4-17(6-8)10-14-9(15-16-10)7-1-3-12-13-5-7/h1,3,5,8H,2,4,6,11H2,(H,14,15,16). The van der Waals surface area contributed by atoms with E-state index in [1.165, 1.54) is 0 Å².